The van der Waals surface area contributed by atoms with Gasteiger partial charge in [0, 0.05) is 23.1 Å². The Bertz CT molecular complexity index is 569. The van der Waals surface area contributed by atoms with Gasteiger partial charge in [-0.05, 0) is 17.7 Å². The van der Waals surface area contributed by atoms with E-state index in [1.165, 1.54) is 12.7 Å². The summed E-state index contributed by atoms with van der Waals surface area (Å²) in [6, 6.07) is 9.45. The zero-order valence-electron chi connectivity index (χ0n) is 10.7. The molecule has 1 aromatic carbocycles. The van der Waals surface area contributed by atoms with Gasteiger partial charge in [0.25, 0.3) is 0 Å². The Hall–Kier alpha value is -1.59. The first-order valence-corrected chi connectivity index (χ1v) is 7.11. The van der Waals surface area contributed by atoms with Gasteiger partial charge in [0.15, 0.2) is 0 Å². The maximum absolute atomic E-state index is 11.2. The lowest BCUT2D eigenvalue weighted by Crippen LogP contribution is -2.33. The van der Waals surface area contributed by atoms with Crippen LogP contribution in [-0.2, 0) is 15.3 Å². The molecular formula is C14H16N2O2S. The number of pyridine rings is 1. The molecule has 0 saturated carbocycles. The Morgan fingerprint density at radius 2 is 2.21 bits per heavy atom. The van der Waals surface area contributed by atoms with E-state index in [0.717, 1.165) is 16.7 Å². The molecular weight excluding hydrogens is 260 g/mol. The minimum absolute atomic E-state index is 0.368. The molecule has 0 fully saturated rings. The fourth-order valence-corrected chi connectivity index (χ4v) is 2.78. The Morgan fingerprint density at radius 1 is 1.42 bits per heavy atom. The summed E-state index contributed by atoms with van der Waals surface area (Å²) in [6.45, 7) is 0. The number of thioether (sulfide) groups is 1. The van der Waals surface area contributed by atoms with Crippen LogP contribution in [-0.4, -0.2) is 29.9 Å². The quantitative estimate of drug-likeness (QED) is 0.846. The second kappa shape index (κ2) is 6.54. The van der Waals surface area contributed by atoms with Crippen LogP contribution in [0.2, 0.25) is 0 Å². The van der Waals surface area contributed by atoms with E-state index in [1.807, 2.05) is 24.3 Å². The third kappa shape index (κ3) is 3.45. The third-order valence-corrected chi connectivity index (χ3v) is 3.91. The standard InChI is InChI=1S/C14H16N2O2S/c1-18-14(17)12(15)9-19-8-10-6-7-16-13-5-3-2-4-11(10)13/h2-7,12H,8-9,15H2,1H3. The van der Waals surface area contributed by atoms with Crippen LogP contribution < -0.4 is 5.73 Å². The lowest BCUT2D eigenvalue weighted by molar-refractivity contribution is -0.141. The molecule has 0 spiro atoms. The molecule has 0 aliphatic heterocycles. The minimum atomic E-state index is -0.567. The average molecular weight is 276 g/mol. The van der Waals surface area contributed by atoms with E-state index in [2.05, 4.69) is 15.8 Å². The van der Waals surface area contributed by atoms with E-state index in [-0.39, 0.29) is 5.97 Å². The zero-order valence-corrected chi connectivity index (χ0v) is 11.5. The Kier molecular flexibility index (Phi) is 4.76. The predicted molar refractivity (Wildman–Crippen MR) is 77.9 cm³/mol. The molecule has 4 nitrogen and oxygen atoms in total. The van der Waals surface area contributed by atoms with E-state index in [9.17, 15) is 4.79 Å². The molecule has 0 aliphatic carbocycles. The molecule has 1 unspecified atom stereocenters. The fourth-order valence-electron chi connectivity index (χ4n) is 1.80. The highest BCUT2D eigenvalue weighted by Crippen LogP contribution is 2.21. The first-order chi connectivity index (χ1) is 9.22. The molecule has 2 rings (SSSR count). The van der Waals surface area contributed by atoms with Crippen LogP contribution in [0.1, 0.15) is 5.56 Å². The monoisotopic (exact) mass is 276 g/mol. The lowest BCUT2D eigenvalue weighted by atomic mass is 10.1. The molecule has 5 heteroatoms. The highest BCUT2D eigenvalue weighted by atomic mass is 32.2. The number of nitrogens with two attached hydrogens (primary N) is 1. The molecule has 1 heterocycles. The SMILES string of the molecule is COC(=O)C(N)CSCc1ccnc2ccccc12. The van der Waals surface area contributed by atoms with E-state index in [4.69, 9.17) is 5.73 Å². The summed E-state index contributed by atoms with van der Waals surface area (Å²) in [5.74, 6) is 0.976. The van der Waals surface area contributed by atoms with Gasteiger partial charge in [0.05, 0.1) is 12.6 Å². The molecule has 0 bridgehead atoms. The predicted octanol–water partition coefficient (Wildman–Crippen LogP) is 1.97. The molecule has 1 aromatic heterocycles. The van der Waals surface area contributed by atoms with Crippen molar-refractivity contribution in [1.82, 2.24) is 4.98 Å². The smallest absolute Gasteiger partial charge is 0.323 e. The van der Waals surface area contributed by atoms with Crippen molar-refractivity contribution in [2.24, 2.45) is 5.73 Å². The number of hydrogen-bond donors (Lipinski definition) is 1. The molecule has 2 N–H and O–H groups in total. The molecule has 0 aliphatic rings. The number of hydrogen-bond acceptors (Lipinski definition) is 5. The summed E-state index contributed by atoms with van der Waals surface area (Å²) in [6.07, 6.45) is 1.80. The van der Waals surface area contributed by atoms with Crippen molar-refractivity contribution in [3.8, 4) is 0 Å². The van der Waals surface area contributed by atoms with Gasteiger partial charge in [-0.25, -0.2) is 0 Å². The number of methoxy groups -OCH3 is 1. The molecule has 1 atom stereocenters. The van der Waals surface area contributed by atoms with Crippen molar-refractivity contribution in [1.29, 1.82) is 0 Å². The van der Waals surface area contributed by atoms with Crippen molar-refractivity contribution in [3.05, 3.63) is 42.1 Å². The van der Waals surface area contributed by atoms with Gasteiger partial charge in [-0.15, -0.1) is 0 Å². The number of esters is 1. The van der Waals surface area contributed by atoms with Crippen molar-refractivity contribution in [2.75, 3.05) is 12.9 Å². The maximum atomic E-state index is 11.2. The number of nitrogens with zero attached hydrogens (tertiary/aromatic N) is 1. The van der Waals surface area contributed by atoms with Crippen LogP contribution in [0.5, 0.6) is 0 Å². The van der Waals surface area contributed by atoms with Gasteiger partial charge < -0.3 is 10.5 Å². The van der Waals surface area contributed by atoms with Crippen molar-refractivity contribution < 1.29 is 9.53 Å². The third-order valence-electron chi connectivity index (χ3n) is 2.80. The summed E-state index contributed by atoms with van der Waals surface area (Å²) in [5.41, 5.74) is 7.88. The maximum Gasteiger partial charge on any atom is 0.323 e. The number of rotatable bonds is 5. The molecule has 19 heavy (non-hydrogen) atoms. The minimum Gasteiger partial charge on any atom is -0.468 e. The Labute approximate surface area is 116 Å². The summed E-state index contributed by atoms with van der Waals surface area (Å²) in [4.78, 5) is 15.5. The van der Waals surface area contributed by atoms with E-state index >= 15 is 0 Å². The highest BCUT2D eigenvalue weighted by Gasteiger charge is 2.13. The summed E-state index contributed by atoms with van der Waals surface area (Å²) in [7, 11) is 1.35. The molecule has 100 valence electrons. The average Bonchev–Trinajstić information content (AvgIpc) is 2.46. The first-order valence-electron chi connectivity index (χ1n) is 5.96. The van der Waals surface area contributed by atoms with E-state index in [1.54, 1.807) is 18.0 Å². The summed E-state index contributed by atoms with van der Waals surface area (Å²) < 4.78 is 4.60. The number of fused-ring (bicyclic) bond motifs is 1. The lowest BCUT2D eigenvalue weighted by Gasteiger charge is -2.09. The molecule has 2 aromatic rings. The number of carbonyl (C=O) groups is 1. The van der Waals surface area contributed by atoms with Gasteiger partial charge in [0.1, 0.15) is 6.04 Å². The summed E-state index contributed by atoms with van der Waals surface area (Å²) >= 11 is 1.62. The van der Waals surface area contributed by atoms with E-state index in [0.29, 0.717) is 5.75 Å². The number of aromatic nitrogens is 1. The summed E-state index contributed by atoms with van der Waals surface area (Å²) in [5, 5.41) is 1.14. The second-order valence-corrected chi connectivity index (χ2v) is 5.16. The molecule has 0 radical (unpaired) electrons. The number of benzene rings is 1. The van der Waals surface area contributed by atoms with Crippen molar-refractivity contribution in [3.63, 3.8) is 0 Å². The highest BCUT2D eigenvalue weighted by molar-refractivity contribution is 7.98. The fraction of sp³-hybridized carbons (Fsp3) is 0.286. The van der Waals surface area contributed by atoms with Crippen LogP contribution in [0.15, 0.2) is 36.5 Å². The second-order valence-electron chi connectivity index (χ2n) is 4.13. The van der Waals surface area contributed by atoms with Gasteiger partial charge >= 0.3 is 5.97 Å². The molecule has 0 amide bonds. The Morgan fingerprint density at radius 3 is 3.00 bits per heavy atom. The first kappa shape index (κ1) is 13.8. The van der Waals surface area contributed by atoms with Gasteiger partial charge in [-0.3, -0.25) is 9.78 Å². The molecule has 0 saturated heterocycles. The van der Waals surface area contributed by atoms with E-state index < -0.39 is 6.04 Å². The van der Waals surface area contributed by atoms with Crippen LogP contribution in [0, 0.1) is 0 Å². The topological polar surface area (TPSA) is 65.2 Å². The largest absolute Gasteiger partial charge is 0.468 e. The number of ether oxygens (including phenoxy) is 1. The van der Waals surface area contributed by atoms with Gasteiger partial charge in [-0.1, -0.05) is 18.2 Å². The number of para-hydroxylation sites is 1. The van der Waals surface area contributed by atoms with Crippen LogP contribution in [0.25, 0.3) is 10.9 Å². The van der Waals surface area contributed by atoms with Crippen LogP contribution >= 0.6 is 11.8 Å². The van der Waals surface area contributed by atoms with Crippen molar-refractivity contribution in [2.45, 2.75) is 11.8 Å². The Balaban J connectivity index is 2.00. The van der Waals surface area contributed by atoms with Gasteiger partial charge in [0.2, 0.25) is 0 Å². The number of carbonyl (C=O) groups excluding carboxylic acids is 1. The zero-order chi connectivity index (χ0) is 13.7. The van der Waals surface area contributed by atoms with Crippen LogP contribution in [0.4, 0.5) is 0 Å². The normalized spacial score (nSPS) is 12.3. The van der Waals surface area contributed by atoms with Gasteiger partial charge in [-0.2, -0.15) is 11.8 Å². The van der Waals surface area contributed by atoms with Crippen LogP contribution in [0.3, 0.4) is 0 Å². The van der Waals surface area contributed by atoms with Crippen molar-refractivity contribution >= 4 is 28.6 Å².